The second-order valence-corrected chi connectivity index (χ2v) is 7.85. The van der Waals surface area contributed by atoms with Crippen LogP contribution in [0.15, 0.2) is 52.6 Å². The number of nitrogens with zero attached hydrogens (tertiary/aromatic N) is 2. The highest BCUT2D eigenvalue weighted by molar-refractivity contribution is 7.90. The Bertz CT molecular complexity index is 963. The maximum atomic E-state index is 12.3. The molecule has 1 N–H and O–H groups in total. The molecule has 0 aromatic heterocycles. The number of sulfonamides is 1. The van der Waals surface area contributed by atoms with E-state index in [4.69, 9.17) is 4.74 Å². The van der Waals surface area contributed by atoms with Gasteiger partial charge in [0.2, 0.25) is 0 Å². The first-order chi connectivity index (χ1) is 12.9. The highest BCUT2D eigenvalue weighted by atomic mass is 32.2. The van der Waals surface area contributed by atoms with Gasteiger partial charge in [0.1, 0.15) is 5.57 Å². The van der Waals surface area contributed by atoms with Gasteiger partial charge in [0.15, 0.2) is 12.4 Å². The molecule has 0 aliphatic carbocycles. The van der Waals surface area contributed by atoms with Crippen molar-refractivity contribution in [2.75, 3.05) is 18.9 Å². The zero-order valence-corrected chi connectivity index (χ0v) is 15.5. The van der Waals surface area contributed by atoms with E-state index in [-0.39, 0.29) is 23.7 Å². The van der Waals surface area contributed by atoms with Crippen molar-refractivity contribution in [3.63, 3.8) is 0 Å². The zero-order chi connectivity index (χ0) is 19.4. The van der Waals surface area contributed by atoms with Gasteiger partial charge in [0.25, 0.3) is 15.9 Å². The summed E-state index contributed by atoms with van der Waals surface area (Å²) in [5, 5.41) is 2.68. The van der Waals surface area contributed by atoms with Gasteiger partial charge in [0, 0.05) is 19.3 Å². The molecule has 142 valence electrons. The number of amides is 1. The summed E-state index contributed by atoms with van der Waals surface area (Å²) in [4.78, 5) is 25.8. The van der Waals surface area contributed by atoms with E-state index < -0.39 is 28.5 Å². The Morgan fingerprint density at radius 1 is 1.30 bits per heavy atom. The lowest BCUT2D eigenvalue weighted by Gasteiger charge is -2.28. The smallest absolute Gasteiger partial charge is 0.342 e. The normalized spacial score (nSPS) is 17.4. The highest BCUT2D eigenvalue weighted by Crippen LogP contribution is 2.18. The van der Waals surface area contributed by atoms with Crippen molar-refractivity contribution < 1.29 is 22.7 Å². The average Bonchev–Trinajstić information content (AvgIpc) is 2.64. The number of benzene rings is 1. The number of carbonyl (C=O) groups is 2. The summed E-state index contributed by atoms with van der Waals surface area (Å²) in [6, 6.07) is 7.63. The van der Waals surface area contributed by atoms with Crippen LogP contribution in [-0.4, -0.2) is 49.9 Å². The summed E-state index contributed by atoms with van der Waals surface area (Å²) in [5.74, 6) is -1.35. The van der Waals surface area contributed by atoms with Crippen LogP contribution in [0, 0.1) is 6.92 Å². The van der Waals surface area contributed by atoms with Gasteiger partial charge in [-0.25, -0.2) is 13.2 Å². The Morgan fingerprint density at radius 3 is 2.85 bits per heavy atom. The van der Waals surface area contributed by atoms with Crippen molar-refractivity contribution in [3.05, 3.63) is 59.3 Å². The average molecular weight is 389 g/mol. The quantitative estimate of drug-likeness (QED) is 0.742. The predicted molar refractivity (Wildman–Crippen MR) is 99.1 cm³/mol. The Hall–Kier alpha value is -2.94. The van der Waals surface area contributed by atoms with Crippen LogP contribution in [0.2, 0.25) is 0 Å². The number of nitrogens with one attached hydrogen (secondary N) is 1. The van der Waals surface area contributed by atoms with Crippen LogP contribution in [0.5, 0.6) is 0 Å². The number of amidine groups is 1. The number of allylic oxidation sites excluding steroid dienone is 2. The largest absolute Gasteiger partial charge is 0.452 e. The molecule has 0 saturated carbocycles. The molecule has 2 aliphatic heterocycles. The lowest BCUT2D eigenvalue weighted by atomic mass is 10.1. The Balaban J connectivity index is 1.58. The number of aryl methyl sites for hydroxylation is 1. The van der Waals surface area contributed by atoms with E-state index in [1.165, 1.54) is 6.08 Å². The number of hydrogen-bond donors (Lipinski definition) is 1. The molecular weight excluding hydrogens is 370 g/mol. The van der Waals surface area contributed by atoms with Crippen LogP contribution in [0.3, 0.4) is 0 Å². The van der Waals surface area contributed by atoms with E-state index in [0.717, 1.165) is 11.1 Å². The standard InChI is InChI=1S/C18H19N3O5S/c1-13-5-2-3-6-14(13)11-19-16(22)12-26-18(23)15-7-4-8-21-9-10-27(24,25)20-17(15)21/h2-8H,9-12H2,1H3,(H,19,22). The lowest BCUT2D eigenvalue weighted by Crippen LogP contribution is -2.40. The molecule has 0 spiro atoms. The molecule has 0 fully saturated rings. The van der Waals surface area contributed by atoms with Crippen LogP contribution in [0.4, 0.5) is 0 Å². The molecule has 2 aliphatic rings. The fourth-order valence-electron chi connectivity index (χ4n) is 2.64. The maximum Gasteiger partial charge on any atom is 0.342 e. The van der Waals surface area contributed by atoms with E-state index in [9.17, 15) is 18.0 Å². The van der Waals surface area contributed by atoms with Crippen LogP contribution in [0.1, 0.15) is 11.1 Å². The first kappa shape index (κ1) is 18.8. The fourth-order valence-corrected chi connectivity index (χ4v) is 3.62. The van der Waals surface area contributed by atoms with Crippen molar-refractivity contribution in [2.45, 2.75) is 13.5 Å². The lowest BCUT2D eigenvalue weighted by molar-refractivity contribution is -0.144. The molecule has 2 heterocycles. The maximum absolute atomic E-state index is 12.3. The second kappa shape index (κ2) is 7.75. The van der Waals surface area contributed by atoms with Crippen LogP contribution in [0.25, 0.3) is 0 Å². The second-order valence-electron chi connectivity index (χ2n) is 6.10. The molecule has 1 amide bonds. The molecule has 8 nitrogen and oxygen atoms in total. The molecule has 0 saturated heterocycles. The third-order valence-corrected chi connectivity index (χ3v) is 5.30. The summed E-state index contributed by atoms with van der Waals surface area (Å²) in [7, 11) is -3.61. The van der Waals surface area contributed by atoms with Crippen LogP contribution >= 0.6 is 0 Å². The van der Waals surface area contributed by atoms with Crippen molar-refractivity contribution in [1.82, 2.24) is 10.2 Å². The molecule has 27 heavy (non-hydrogen) atoms. The molecule has 0 unspecified atom stereocenters. The Labute approximate surface area is 157 Å². The minimum absolute atomic E-state index is 0.00692. The number of rotatable bonds is 5. The highest BCUT2D eigenvalue weighted by Gasteiger charge is 2.30. The molecular formula is C18H19N3O5S. The number of hydrogen-bond acceptors (Lipinski definition) is 6. The van der Waals surface area contributed by atoms with Crippen molar-refractivity contribution >= 4 is 27.7 Å². The third-order valence-electron chi connectivity index (χ3n) is 4.15. The third kappa shape index (κ3) is 4.62. The summed E-state index contributed by atoms with van der Waals surface area (Å²) in [6.07, 6.45) is 4.66. The first-order valence-corrected chi connectivity index (χ1v) is 9.93. The molecule has 0 bridgehead atoms. The predicted octanol–water partition coefficient (Wildman–Crippen LogP) is 0.652. The number of fused-ring (bicyclic) bond motifs is 1. The van der Waals surface area contributed by atoms with E-state index in [0.29, 0.717) is 6.54 Å². The topological polar surface area (TPSA) is 105 Å². The fraction of sp³-hybridized carbons (Fsp3) is 0.278. The van der Waals surface area contributed by atoms with Gasteiger partial charge in [0.05, 0.1) is 5.75 Å². The van der Waals surface area contributed by atoms with Gasteiger partial charge < -0.3 is 15.0 Å². The molecule has 1 aromatic carbocycles. The van der Waals surface area contributed by atoms with E-state index in [1.807, 2.05) is 31.2 Å². The zero-order valence-electron chi connectivity index (χ0n) is 14.7. The number of ether oxygens (including phenoxy) is 1. The Morgan fingerprint density at radius 2 is 2.07 bits per heavy atom. The Kier molecular flexibility index (Phi) is 5.41. The summed E-state index contributed by atoms with van der Waals surface area (Å²) in [5.41, 5.74) is 2.02. The van der Waals surface area contributed by atoms with E-state index in [2.05, 4.69) is 9.71 Å². The van der Waals surface area contributed by atoms with Crippen LogP contribution < -0.4 is 5.32 Å². The number of carbonyl (C=O) groups excluding carboxylic acids is 2. The molecule has 9 heteroatoms. The van der Waals surface area contributed by atoms with E-state index in [1.54, 1.807) is 17.2 Å². The summed E-state index contributed by atoms with van der Waals surface area (Å²) < 4.78 is 32.1. The van der Waals surface area contributed by atoms with Gasteiger partial charge in [-0.05, 0) is 30.2 Å². The number of esters is 1. The molecule has 0 atom stereocenters. The minimum atomic E-state index is -3.61. The minimum Gasteiger partial charge on any atom is -0.452 e. The van der Waals surface area contributed by atoms with Gasteiger partial charge in [-0.15, -0.1) is 4.40 Å². The van der Waals surface area contributed by atoms with Gasteiger partial charge in [-0.3, -0.25) is 4.79 Å². The summed E-state index contributed by atoms with van der Waals surface area (Å²) in [6.45, 7) is 2.01. The molecule has 0 radical (unpaired) electrons. The van der Waals surface area contributed by atoms with Crippen molar-refractivity contribution in [3.8, 4) is 0 Å². The van der Waals surface area contributed by atoms with Gasteiger partial charge in [-0.2, -0.15) is 0 Å². The van der Waals surface area contributed by atoms with Crippen molar-refractivity contribution in [2.24, 2.45) is 4.40 Å². The monoisotopic (exact) mass is 389 g/mol. The molecule has 3 rings (SSSR count). The summed E-state index contributed by atoms with van der Waals surface area (Å²) >= 11 is 0. The van der Waals surface area contributed by atoms with Crippen molar-refractivity contribution in [1.29, 1.82) is 0 Å². The molecule has 1 aromatic rings. The van der Waals surface area contributed by atoms with Gasteiger partial charge >= 0.3 is 5.97 Å². The van der Waals surface area contributed by atoms with Gasteiger partial charge in [-0.1, -0.05) is 24.3 Å². The van der Waals surface area contributed by atoms with Crippen LogP contribution in [-0.2, 0) is 30.9 Å². The van der Waals surface area contributed by atoms with E-state index >= 15 is 0 Å². The first-order valence-electron chi connectivity index (χ1n) is 8.32. The SMILES string of the molecule is Cc1ccccc1CNC(=O)COC(=O)C1=CC=CN2CCS(=O)(=O)N=C12.